The van der Waals surface area contributed by atoms with Crippen LogP contribution in [0, 0.1) is 0 Å². The fourth-order valence-electron chi connectivity index (χ4n) is 2.64. The molecule has 2 unspecified atom stereocenters. The summed E-state index contributed by atoms with van der Waals surface area (Å²) < 4.78 is 16.2. The third-order valence-corrected chi connectivity index (χ3v) is 4.16. The maximum absolute atomic E-state index is 12.6. The van der Waals surface area contributed by atoms with E-state index in [0.29, 0.717) is 24.8 Å². The van der Waals surface area contributed by atoms with Gasteiger partial charge in [0.15, 0.2) is 6.23 Å². The Bertz CT molecular complexity index is 577. The third kappa shape index (κ3) is 5.70. The Hall–Kier alpha value is -1.63. The van der Waals surface area contributed by atoms with Gasteiger partial charge >= 0.3 is 5.97 Å². The normalized spacial score (nSPS) is 19.9. The van der Waals surface area contributed by atoms with Crippen molar-refractivity contribution in [2.75, 3.05) is 26.9 Å². The highest BCUT2D eigenvalue weighted by molar-refractivity contribution is 6.30. The lowest BCUT2D eigenvalue weighted by atomic mass is 10.1. The van der Waals surface area contributed by atoms with Crippen molar-refractivity contribution < 1.29 is 23.8 Å². The van der Waals surface area contributed by atoms with Gasteiger partial charge in [-0.15, -0.1) is 0 Å². The Morgan fingerprint density at radius 3 is 2.64 bits per heavy atom. The first-order valence-electron chi connectivity index (χ1n) is 8.40. The quantitative estimate of drug-likeness (QED) is 0.520. The van der Waals surface area contributed by atoms with Gasteiger partial charge in [0.1, 0.15) is 6.10 Å². The molecule has 0 spiro atoms. The lowest BCUT2D eigenvalue weighted by molar-refractivity contribution is -0.145. The maximum atomic E-state index is 12.6. The van der Waals surface area contributed by atoms with Gasteiger partial charge in [0.2, 0.25) is 5.91 Å². The minimum atomic E-state index is -0.502. The van der Waals surface area contributed by atoms with Crippen molar-refractivity contribution in [2.24, 2.45) is 0 Å². The molecule has 25 heavy (non-hydrogen) atoms. The molecule has 1 amide bonds. The molecule has 0 aromatic heterocycles. The van der Waals surface area contributed by atoms with Crippen molar-refractivity contribution in [2.45, 2.75) is 38.5 Å². The summed E-state index contributed by atoms with van der Waals surface area (Å²) in [5.74, 6) is -0.553. The van der Waals surface area contributed by atoms with E-state index in [-0.39, 0.29) is 24.9 Å². The molecule has 0 N–H and O–H groups in total. The van der Waals surface area contributed by atoms with Gasteiger partial charge in [-0.05, 0) is 18.6 Å². The predicted octanol–water partition coefficient (Wildman–Crippen LogP) is 2.95. The Kier molecular flexibility index (Phi) is 7.68. The van der Waals surface area contributed by atoms with Crippen molar-refractivity contribution in [3.63, 3.8) is 0 Å². The topological polar surface area (TPSA) is 65.1 Å². The predicted molar refractivity (Wildman–Crippen MR) is 93.1 cm³/mol. The highest BCUT2D eigenvalue weighted by Crippen LogP contribution is 2.32. The molecule has 138 valence electrons. The van der Waals surface area contributed by atoms with Crippen LogP contribution in [0.3, 0.4) is 0 Å². The van der Waals surface area contributed by atoms with Crippen molar-refractivity contribution in [1.29, 1.82) is 0 Å². The van der Waals surface area contributed by atoms with Gasteiger partial charge in [0.05, 0.1) is 26.7 Å². The van der Waals surface area contributed by atoms with E-state index in [1.165, 1.54) is 7.11 Å². The number of hydrogen-bond donors (Lipinski definition) is 0. The van der Waals surface area contributed by atoms with Gasteiger partial charge in [0, 0.05) is 23.6 Å². The average molecular weight is 370 g/mol. The first-order valence-corrected chi connectivity index (χ1v) is 8.78. The Labute approximate surface area is 153 Å². The van der Waals surface area contributed by atoms with Gasteiger partial charge in [-0.25, -0.2) is 0 Å². The fraction of sp³-hybridized carbons (Fsp3) is 0.556. The Morgan fingerprint density at radius 1 is 1.28 bits per heavy atom. The van der Waals surface area contributed by atoms with Crippen LogP contribution in [0.2, 0.25) is 5.02 Å². The maximum Gasteiger partial charge on any atom is 0.306 e. The number of rotatable bonds is 8. The number of halogens is 1. The molecule has 7 heteroatoms. The van der Waals surface area contributed by atoms with Crippen LogP contribution in [0.1, 0.15) is 38.0 Å². The monoisotopic (exact) mass is 369 g/mol. The number of carbonyl (C=O) groups is 2. The van der Waals surface area contributed by atoms with Crippen LogP contribution in [0.5, 0.6) is 0 Å². The summed E-state index contributed by atoms with van der Waals surface area (Å²) in [5.41, 5.74) is 0.841. The van der Waals surface area contributed by atoms with Crippen molar-refractivity contribution in [3.8, 4) is 0 Å². The number of nitrogens with zero attached hydrogens (tertiary/aromatic N) is 1. The largest absolute Gasteiger partial charge is 0.469 e. The van der Waals surface area contributed by atoms with Crippen LogP contribution in [0.4, 0.5) is 0 Å². The minimum Gasteiger partial charge on any atom is -0.469 e. The lowest BCUT2D eigenvalue weighted by Crippen LogP contribution is -2.32. The highest BCUT2D eigenvalue weighted by Gasteiger charge is 2.37. The minimum absolute atomic E-state index is 0.0518. The zero-order valence-corrected chi connectivity index (χ0v) is 15.3. The average Bonchev–Trinajstić information content (AvgIpc) is 3.04. The summed E-state index contributed by atoms with van der Waals surface area (Å²) in [4.78, 5) is 25.5. The van der Waals surface area contributed by atoms with E-state index in [0.717, 1.165) is 12.0 Å². The summed E-state index contributed by atoms with van der Waals surface area (Å²) in [7, 11) is 1.31. The van der Waals surface area contributed by atoms with Gasteiger partial charge in [-0.3, -0.25) is 9.59 Å². The van der Waals surface area contributed by atoms with E-state index in [4.69, 9.17) is 21.1 Å². The van der Waals surface area contributed by atoms with E-state index < -0.39 is 12.2 Å². The summed E-state index contributed by atoms with van der Waals surface area (Å²) in [6.07, 6.45) is 0.362. The van der Waals surface area contributed by atoms with Gasteiger partial charge in [-0.2, -0.15) is 0 Å². The zero-order chi connectivity index (χ0) is 18.2. The molecule has 1 saturated heterocycles. The summed E-state index contributed by atoms with van der Waals surface area (Å²) >= 11 is 5.94. The molecule has 0 bridgehead atoms. The van der Waals surface area contributed by atoms with Crippen LogP contribution in [0.15, 0.2) is 24.3 Å². The number of carbonyl (C=O) groups excluding carboxylic acids is 2. The second kappa shape index (κ2) is 9.75. The van der Waals surface area contributed by atoms with Crippen LogP contribution in [-0.4, -0.2) is 49.7 Å². The van der Waals surface area contributed by atoms with Crippen molar-refractivity contribution in [3.05, 3.63) is 34.9 Å². The molecule has 2 rings (SSSR count). The number of esters is 1. The molecular weight excluding hydrogens is 346 g/mol. The van der Waals surface area contributed by atoms with Crippen LogP contribution >= 0.6 is 11.6 Å². The Balaban J connectivity index is 2.06. The van der Waals surface area contributed by atoms with Gasteiger partial charge in [0.25, 0.3) is 0 Å². The molecule has 1 aromatic carbocycles. The van der Waals surface area contributed by atoms with E-state index in [1.54, 1.807) is 17.0 Å². The van der Waals surface area contributed by atoms with Crippen molar-refractivity contribution >= 4 is 23.5 Å². The number of hydrogen-bond acceptors (Lipinski definition) is 5. The summed E-state index contributed by atoms with van der Waals surface area (Å²) in [6.45, 7) is 3.55. The second-order valence-electron chi connectivity index (χ2n) is 5.86. The molecule has 2 atom stereocenters. The second-order valence-corrected chi connectivity index (χ2v) is 6.30. The van der Waals surface area contributed by atoms with Crippen LogP contribution in [-0.2, 0) is 23.8 Å². The molecule has 1 aromatic rings. The van der Waals surface area contributed by atoms with E-state index in [1.807, 2.05) is 19.1 Å². The molecular formula is C18H24ClNO5. The van der Waals surface area contributed by atoms with Gasteiger partial charge in [-0.1, -0.05) is 30.7 Å². The third-order valence-electron chi connectivity index (χ3n) is 3.90. The van der Waals surface area contributed by atoms with E-state index >= 15 is 0 Å². The molecule has 1 fully saturated rings. The van der Waals surface area contributed by atoms with Crippen LogP contribution in [0.25, 0.3) is 0 Å². The van der Waals surface area contributed by atoms with Gasteiger partial charge < -0.3 is 19.1 Å². The van der Waals surface area contributed by atoms with E-state index in [2.05, 4.69) is 4.74 Å². The fourth-order valence-corrected chi connectivity index (χ4v) is 2.76. The van der Waals surface area contributed by atoms with Crippen molar-refractivity contribution in [1.82, 2.24) is 4.90 Å². The number of amides is 1. The molecule has 0 saturated carbocycles. The standard InChI is InChI=1S/C18H24ClNO5/c1-3-10-24-12-15-11-20(16(21)8-9-17(22)23-2)18(25-15)13-4-6-14(19)7-5-13/h4-7,15,18H,3,8-12H2,1-2H3. The first-order chi connectivity index (χ1) is 12.0. The molecule has 0 radical (unpaired) electrons. The summed E-state index contributed by atoms with van der Waals surface area (Å²) in [5, 5.41) is 0.619. The number of benzene rings is 1. The molecule has 1 heterocycles. The molecule has 1 aliphatic heterocycles. The smallest absolute Gasteiger partial charge is 0.306 e. The number of ether oxygens (including phenoxy) is 3. The molecule has 1 aliphatic rings. The Morgan fingerprint density at radius 2 is 2.00 bits per heavy atom. The highest BCUT2D eigenvalue weighted by atomic mass is 35.5. The number of methoxy groups -OCH3 is 1. The lowest BCUT2D eigenvalue weighted by Gasteiger charge is -2.23. The molecule has 0 aliphatic carbocycles. The SMILES string of the molecule is CCCOCC1CN(C(=O)CCC(=O)OC)C(c2ccc(Cl)cc2)O1. The van der Waals surface area contributed by atoms with E-state index in [9.17, 15) is 9.59 Å². The summed E-state index contributed by atoms with van der Waals surface area (Å²) in [6, 6.07) is 7.20. The zero-order valence-electron chi connectivity index (χ0n) is 14.6. The first kappa shape index (κ1) is 19.7. The van der Waals surface area contributed by atoms with Crippen LogP contribution < -0.4 is 0 Å². The molecule has 6 nitrogen and oxygen atoms in total.